The third kappa shape index (κ3) is 4.57. The van der Waals surface area contributed by atoms with Crippen LogP contribution in [0.4, 0.5) is 46.3 Å². The summed E-state index contributed by atoms with van der Waals surface area (Å²) in [5.74, 6) is 6.11. The zero-order valence-corrected chi connectivity index (χ0v) is 22.4. The molecule has 0 amide bonds. The zero-order chi connectivity index (χ0) is 26.9. The molecule has 39 heavy (non-hydrogen) atoms. The van der Waals surface area contributed by atoms with Gasteiger partial charge in [0.15, 0.2) is 5.75 Å². The Morgan fingerprint density at radius 1 is 0.410 bits per heavy atom. The average Bonchev–Trinajstić information content (AvgIpc) is 3.00. The Kier molecular flexibility index (Phi) is 6.20. The van der Waals surface area contributed by atoms with Crippen LogP contribution < -0.4 is 24.3 Å². The fraction of sp³-hybridized carbons (Fsp3) is 0.129. The Balaban J connectivity index is 1.58. The summed E-state index contributed by atoms with van der Waals surface area (Å²) in [6.07, 6.45) is 0. The molecule has 4 heterocycles. The van der Waals surface area contributed by atoms with Gasteiger partial charge in [-0.05, 0) is 60.7 Å². The van der Waals surface area contributed by atoms with Crippen molar-refractivity contribution in [1.29, 1.82) is 0 Å². The van der Waals surface area contributed by atoms with E-state index in [1.54, 1.807) is 0 Å². The molecule has 194 valence electrons. The van der Waals surface area contributed by atoms with Gasteiger partial charge in [0.05, 0.1) is 11.4 Å². The molecule has 0 unspecified atom stereocenters. The number of benzene rings is 2. The minimum absolute atomic E-state index is 0.703. The van der Waals surface area contributed by atoms with Crippen molar-refractivity contribution in [2.75, 3.05) is 47.8 Å². The van der Waals surface area contributed by atoms with Crippen molar-refractivity contribution in [3.63, 3.8) is 0 Å². The molecule has 0 atom stereocenters. The number of rotatable bonds is 2. The average molecular weight is 516 g/mol. The summed E-state index contributed by atoms with van der Waals surface area (Å²) in [6.45, 7) is 0. The molecule has 0 aliphatic carbocycles. The number of anilines is 8. The molecule has 8 bridgehead atoms. The molecule has 5 aromatic rings. The van der Waals surface area contributed by atoms with Crippen molar-refractivity contribution in [3.05, 3.63) is 103 Å². The van der Waals surface area contributed by atoms with Crippen LogP contribution in [-0.4, -0.2) is 43.1 Å². The van der Waals surface area contributed by atoms with Crippen molar-refractivity contribution in [3.8, 4) is 11.5 Å². The van der Waals surface area contributed by atoms with Gasteiger partial charge in [0.1, 0.15) is 40.7 Å². The molecule has 0 radical (unpaired) electrons. The maximum absolute atomic E-state index is 6.58. The molecule has 1 aliphatic rings. The molecule has 8 heteroatoms. The summed E-state index contributed by atoms with van der Waals surface area (Å²) >= 11 is 0. The highest BCUT2D eigenvalue weighted by Gasteiger charge is 2.22. The van der Waals surface area contributed by atoms with Gasteiger partial charge in [-0.2, -0.15) is 0 Å². The molecule has 0 fully saturated rings. The first-order valence-corrected chi connectivity index (χ1v) is 12.7. The molecule has 0 saturated heterocycles. The smallest absolute Gasteiger partial charge is 0.174 e. The van der Waals surface area contributed by atoms with Gasteiger partial charge in [-0.15, -0.1) is 0 Å². The minimum Gasteiger partial charge on any atom is -0.453 e. The molecular weight excluding hydrogens is 486 g/mol. The number of pyridine rings is 3. The lowest BCUT2D eigenvalue weighted by molar-refractivity contribution is 0.484. The zero-order valence-electron chi connectivity index (χ0n) is 22.4. The lowest BCUT2D eigenvalue weighted by Crippen LogP contribution is -2.20. The Morgan fingerprint density at radius 3 is 1.18 bits per heavy atom. The standard InChI is InChI=1S/C31H29N7O/c1-35-23-14-8-15-24(31(23)39-22-12-6-5-7-13-22)36(2)26-17-10-19-28(33-26)38(4)30-21-11-20-29(34-30)37(3)27-18-9-16-25(35)32-27/h5-21H,1-4H3. The Hall–Kier alpha value is -5.11. The first-order valence-electron chi connectivity index (χ1n) is 12.7. The van der Waals surface area contributed by atoms with Gasteiger partial charge in [-0.25, -0.2) is 15.0 Å². The third-order valence-corrected chi connectivity index (χ3v) is 6.88. The highest BCUT2D eigenvalue weighted by Crippen LogP contribution is 2.44. The number of hydrogen-bond donors (Lipinski definition) is 0. The summed E-state index contributed by atoms with van der Waals surface area (Å²) in [5.41, 5.74) is 1.74. The molecule has 3 aromatic heterocycles. The second kappa shape index (κ2) is 9.98. The minimum atomic E-state index is 0.703. The molecule has 6 rings (SSSR count). The van der Waals surface area contributed by atoms with Gasteiger partial charge in [0, 0.05) is 28.2 Å². The summed E-state index contributed by atoms with van der Waals surface area (Å²) < 4.78 is 6.58. The SMILES string of the molecule is CN1c2cccc(n2)N(C)c2cccc(n2)N(C)c2cccc(c2Oc2ccccc2)N(C)c2cccc1n2. The lowest BCUT2D eigenvalue weighted by atomic mass is 10.2. The summed E-state index contributed by atoms with van der Waals surface area (Å²) in [4.78, 5) is 23.0. The van der Waals surface area contributed by atoms with Gasteiger partial charge in [0.25, 0.3) is 0 Å². The second-order valence-corrected chi connectivity index (χ2v) is 9.34. The summed E-state index contributed by atoms with van der Waals surface area (Å²) in [5, 5.41) is 0. The van der Waals surface area contributed by atoms with Crippen LogP contribution in [0.2, 0.25) is 0 Å². The van der Waals surface area contributed by atoms with E-state index in [9.17, 15) is 0 Å². The number of ether oxygens (including phenoxy) is 1. The van der Waals surface area contributed by atoms with Crippen molar-refractivity contribution in [2.45, 2.75) is 0 Å². The molecule has 0 saturated carbocycles. The van der Waals surface area contributed by atoms with Crippen LogP contribution in [0.15, 0.2) is 103 Å². The van der Waals surface area contributed by atoms with E-state index in [0.29, 0.717) is 5.75 Å². The number of aromatic nitrogens is 3. The van der Waals surface area contributed by atoms with E-state index in [-0.39, 0.29) is 0 Å². The van der Waals surface area contributed by atoms with E-state index in [2.05, 4.69) is 0 Å². The summed E-state index contributed by atoms with van der Waals surface area (Å²) in [6, 6.07) is 33.8. The van der Waals surface area contributed by atoms with Gasteiger partial charge in [-0.3, -0.25) is 0 Å². The second-order valence-electron chi connectivity index (χ2n) is 9.34. The van der Waals surface area contributed by atoms with E-state index in [1.165, 1.54) is 0 Å². The van der Waals surface area contributed by atoms with E-state index < -0.39 is 0 Å². The summed E-state index contributed by atoms with van der Waals surface area (Å²) in [7, 11) is 7.94. The molecule has 1 aliphatic heterocycles. The maximum Gasteiger partial charge on any atom is 0.174 e. The van der Waals surface area contributed by atoms with E-state index in [1.807, 2.05) is 151 Å². The van der Waals surface area contributed by atoms with Crippen LogP contribution >= 0.6 is 0 Å². The fourth-order valence-corrected chi connectivity index (χ4v) is 4.59. The van der Waals surface area contributed by atoms with Gasteiger partial charge < -0.3 is 24.3 Å². The Bertz CT molecular complexity index is 1530. The lowest BCUT2D eigenvalue weighted by Gasteiger charge is -2.29. The fourth-order valence-electron chi connectivity index (χ4n) is 4.59. The topological polar surface area (TPSA) is 60.9 Å². The normalized spacial score (nSPS) is 12.9. The molecule has 0 N–H and O–H groups in total. The van der Waals surface area contributed by atoms with Crippen LogP contribution in [0.25, 0.3) is 0 Å². The predicted molar refractivity (Wildman–Crippen MR) is 158 cm³/mol. The Labute approximate surface area is 228 Å². The van der Waals surface area contributed by atoms with Crippen molar-refractivity contribution >= 4 is 46.3 Å². The van der Waals surface area contributed by atoms with Crippen LogP contribution in [0.3, 0.4) is 0 Å². The van der Waals surface area contributed by atoms with E-state index in [4.69, 9.17) is 19.7 Å². The highest BCUT2D eigenvalue weighted by molar-refractivity contribution is 5.80. The molecule has 0 spiro atoms. The van der Waals surface area contributed by atoms with Gasteiger partial charge in [-0.1, -0.05) is 42.5 Å². The highest BCUT2D eigenvalue weighted by atomic mass is 16.5. The van der Waals surface area contributed by atoms with Crippen LogP contribution in [0.5, 0.6) is 11.5 Å². The maximum atomic E-state index is 6.58. The first kappa shape index (κ1) is 24.2. The molecular formula is C31H29N7O. The van der Waals surface area contributed by atoms with E-state index in [0.717, 1.165) is 52.0 Å². The number of para-hydroxylation sites is 2. The van der Waals surface area contributed by atoms with Crippen molar-refractivity contribution in [1.82, 2.24) is 15.0 Å². The first-order chi connectivity index (χ1) is 19.0. The van der Waals surface area contributed by atoms with Gasteiger partial charge >= 0.3 is 0 Å². The third-order valence-electron chi connectivity index (χ3n) is 6.88. The number of nitrogens with zero attached hydrogens (tertiary/aromatic N) is 7. The monoisotopic (exact) mass is 515 g/mol. The van der Waals surface area contributed by atoms with Gasteiger partial charge in [0.2, 0.25) is 0 Å². The number of fused-ring (bicyclic) bond motifs is 8. The Morgan fingerprint density at radius 2 is 0.769 bits per heavy atom. The van der Waals surface area contributed by atoms with Crippen molar-refractivity contribution in [2.24, 2.45) is 0 Å². The number of hydrogen-bond acceptors (Lipinski definition) is 8. The van der Waals surface area contributed by atoms with Crippen molar-refractivity contribution < 1.29 is 4.74 Å². The molecule has 2 aromatic carbocycles. The largest absolute Gasteiger partial charge is 0.453 e. The van der Waals surface area contributed by atoms with E-state index >= 15 is 0 Å². The quantitative estimate of drug-likeness (QED) is 0.248. The molecule has 8 nitrogen and oxygen atoms in total. The predicted octanol–water partition coefficient (Wildman–Crippen LogP) is 7.05. The van der Waals surface area contributed by atoms with Crippen LogP contribution in [0, 0.1) is 0 Å². The van der Waals surface area contributed by atoms with Crippen LogP contribution in [-0.2, 0) is 0 Å². The van der Waals surface area contributed by atoms with Crippen LogP contribution in [0.1, 0.15) is 0 Å².